The highest BCUT2D eigenvalue weighted by Gasteiger charge is 2.36. The first-order chi connectivity index (χ1) is 31.0. The van der Waals surface area contributed by atoms with Gasteiger partial charge in [-0.25, -0.2) is 9.97 Å². The summed E-state index contributed by atoms with van der Waals surface area (Å²) >= 11 is 0. The molecule has 0 radical (unpaired) electrons. The van der Waals surface area contributed by atoms with E-state index < -0.39 is 0 Å². The number of hydrogen-bond acceptors (Lipinski definition) is 2. The van der Waals surface area contributed by atoms with Gasteiger partial charge in [-0.2, -0.15) is 0 Å². The zero-order valence-corrected chi connectivity index (χ0v) is 35.2. The maximum absolute atomic E-state index is 5.24. The van der Waals surface area contributed by atoms with Crippen LogP contribution in [0.4, 0.5) is 0 Å². The Labute approximate surface area is 367 Å². The largest absolute Gasteiger partial charge is 0.228 e. The van der Waals surface area contributed by atoms with E-state index in [-0.39, 0.29) is 5.41 Å². The molecule has 0 fully saturated rings. The van der Waals surface area contributed by atoms with E-state index in [4.69, 9.17) is 9.97 Å². The van der Waals surface area contributed by atoms with Crippen LogP contribution in [0.2, 0.25) is 0 Å². The van der Waals surface area contributed by atoms with Crippen LogP contribution in [0.5, 0.6) is 0 Å². The van der Waals surface area contributed by atoms with Crippen LogP contribution in [0.3, 0.4) is 0 Å². The Bertz CT molecular complexity index is 3550. The quantitative estimate of drug-likeness (QED) is 0.124. The average molecular weight is 803 g/mol. The van der Waals surface area contributed by atoms with E-state index in [0.717, 1.165) is 39.5 Å². The van der Waals surface area contributed by atoms with E-state index in [1.807, 2.05) is 18.2 Å². The van der Waals surface area contributed by atoms with Crippen molar-refractivity contribution in [1.29, 1.82) is 0 Å². The fraction of sp³-hybridized carbons (Fsp3) is 0.0492. The zero-order chi connectivity index (χ0) is 42.1. The van der Waals surface area contributed by atoms with E-state index in [1.54, 1.807) is 0 Å². The van der Waals surface area contributed by atoms with Crippen LogP contribution in [-0.2, 0) is 5.41 Å². The smallest absolute Gasteiger partial charge is 0.160 e. The lowest BCUT2D eigenvalue weighted by Crippen LogP contribution is -2.14. The third kappa shape index (κ3) is 6.17. The highest BCUT2D eigenvalue weighted by Crippen LogP contribution is 2.52. The maximum atomic E-state index is 5.24. The molecule has 63 heavy (non-hydrogen) atoms. The van der Waals surface area contributed by atoms with Gasteiger partial charge in [0.15, 0.2) is 5.82 Å². The monoisotopic (exact) mass is 802 g/mol. The van der Waals surface area contributed by atoms with Crippen LogP contribution < -0.4 is 0 Å². The normalized spacial score (nSPS) is 12.7. The minimum atomic E-state index is -0.0943. The lowest BCUT2D eigenvalue weighted by atomic mass is 9.82. The molecule has 0 atom stereocenters. The van der Waals surface area contributed by atoms with Gasteiger partial charge in [0.05, 0.1) is 11.4 Å². The van der Waals surface area contributed by atoms with Crippen LogP contribution in [0, 0.1) is 0 Å². The highest BCUT2D eigenvalue weighted by atomic mass is 14.9. The summed E-state index contributed by atoms with van der Waals surface area (Å²) in [5.74, 6) is 0.720. The highest BCUT2D eigenvalue weighted by molar-refractivity contribution is 6.20. The van der Waals surface area contributed by atoms with Gasteiger partial charge in [-0.1, -0.05) is 220 Å². The first kappa shape index (κ1) is 36.9. The minimum absolute atomic E-state index is 0.0943. The zero-order valence-electron chi connectivity index (χ0n) is 35.2. The Morgan fingerprint density at radius 2 is 0.841 bits per heavy atom. The number of aromatic nitrogens is 2. The van der Waals surface area contributed by atoms with Crippen molar-refractivity contribution < 1.29 is 0 Å². The molecular weight excluding hydrogens is 761 g/mol. The van der Waals surface area contributed by atoms with Gasteiger partial charge < -0.3 is 0 Å². The summed E-state index contributed by atoms with van der Waals surface area (Å²) in [5.41, 5.74) is 17.4. The summed E-state index contributed by atoms with van der Waals surface area (Å²) in [4.78, 5) is 10.4. The Morgan fingerprint density at radius 1 is 0.302 bits per heavy atom. The van der Waals surface area contributed by atoms with E-state index in [1.165, 1.54) is 82.4 Å². The van der Waals surface area contributed by atoms with Crippen molar-refractivity contribution in [2.75, 3.05) is 0 Å². The molecular formula is C61H42N2. The number of benzene rings is 10. The molecule has 0 unspecified atom stereocenters. The van der Waals surface area contributed by atoms with Crippen molar-refractivity contribution in [1.82, 2.24) is 9.97 Å². The van der Waals surface area contributed by atoms with Crippen LogP contribution in [0.25, 0.3) is 111 Å². The molecule has 1 aromatic heterocycles. The number of fused-ring (bicyclic) bond motifs is 7. The molecule has 12 rings (SSSR count). The SMILES string of the molecule is CC1(C)c2ccccc2-c2c(-c3cc(-c4ccc(-c5ccc(-c6ccc(-c7c8ccccc8cc8c7ccc7ccccc78)cc6)cc5)cc4)nc(-c4ccccc4)n3)cccc21. The van der Waals surface area contributed by atoms with Gasteiger partial charge in [-0.05, 0) is 100 Å². The van der Waals surface area contributed by atoms with Gasteiger partial charge in [0.2, 0.25) is 0 Å². The Morgan fingerprint density at radius 3 is 1.56 bits per heavy atom. The predicted molar refractivity (Wildman–Crippen MR) is 265 cm³/mol. The topological polar surface area (TPSA) is 25.8 Å². The van der Waals surface area contributed by atoms with Crippen molar-refractivity contribution in [3.63, 3.8) is 0 Å². The van der Waals surface area contributed by atoms with Gasteiger partial charge in [0, 0.05) is 22.1 Å². The summed E-state index contributed by atoms with van der Waals surface area (Å²) in [7, 11) is 0. The summed E-state index contributed by atoms with van der Waals surface area (Å²) in [6, 6.07) is 79.1. The molecule has 0 aliphatic heterocycles. The van der Waals surface area contributed by atoms with Gasteiger partial charge in [0.1, 0.15) is 0 Å². The van der Waals surface area contributed by atoms with Crippen LogP contribution in [-0.4, -0.2) is 9.97 Å². The van der Waals surface area contributed by atoms with Crippen LogP contribution in [0.15, 0.2) is 218 Å². The van der Waals surface area contributed by atoms with Gasteiger partial charge >= 0.3 is 0 Å². The fourth-order valence-corrected chi connectivity index (χ4v) is 10.1. The van der Waals surface area contributed by atoms with Gasteiger partial charge in [-0.3, -0.25) is 0 Å². The molecule has 0 saturated heterocycles. The van der Waals surface area contributed by atoms with Crippen molar-refractivity contribution in [3.05, 3.63) is 230 Å². The Balaban J connectivity index is 0.862. The lowest BCUT2D eigenvalue weighted by Gasteiger charge is -2.21. The molecule has 0 N–H and O–H groups in total. The maximum Gasteiger partial charge on any atom is 0.160 e. The van der Waals surface area contributed by atoms with Gasteiger partial charge in [-0.15, -0.1) is 0 Å². The van der Waals surface area contributed by atoms with Crippen LogP contribution in [0.1, 0.15) is 25.0 Å². The fourth-order valence-electron chi connectivity index (χ4n) is 10.1. The molecule has 0 saturated carbocycles. The van der Waals surface area contributed by atoms with E-state index >= 15 is 0 Å². The third-order valence-corrected chi connectivity index (χ3v) is 13.3. The first-order valence-electron chi connectivity index (χ1n) is 21.8. The molecule has 1 aliphatic rings. The second-order valence-electron chi connectivity index (χ2n) is 17.3. The van der Waals surface area contributed by atoms with Crippen molar-refractivity contribution >= 4 is 32.3 Å². The molecule has 0 spiro atoms. The van der Waals surface area contributed by atoms with Gasteiger partial charge in [0.25, 0.3) is 0 Å². The lowest BCUT2D eigenvalue weighted by molar-refractivity contribution is 0.660. The van der Waals surface area contributed by atoms with Crippen molar-refractivity contribution in [2.24, 2.45) is 0 Å². The van der Waals surface area contributed by atoms with Crippen molar-refractivity contribution in [2.45, 2.75) is 19.3 Å². The molecule has 1 aliphatic carbocycles. The summed E-state index contributed by atoms with van der Waals surface area (Å²) in [6.07, 6.45) is 0. The van der Waals surface area contributed by atoms with E-state index in [9.17, 15) is 0 Å². The molecule has 1 heterocycles. The molecule has 10 aromatic carbocycles. The van der Waals surface area contributed by atoms with E-state index in [0.29, 0.717) is 0 Å². The number of nitrogens with zero attached hydrogens (tertiary/aromatic N) is 2. The summed E-state index contributed by atoms with van der Waals surface area (Å²) in [6.45, 7) is 4.65. The third-order valence-electron chi connectivity index (χ3n) is 13.3. The summed E-state index contributed by atoms with van der Waals surface area (Å²) in [5, 5.41) is 7.65. The average Bonchev–Trinajstić information content (AvgIpc) is 3.59. The standard InChI is InChI=1S/C61H42N2/c1-61(2)54-21-11-10-19-51(54)59-52(20-12-22-55(59)61)57-38-56(62-60(63-57)46-14-4-3-5-15-46)44-31-27-41(28-32-44)39-23-25-40(26-24-39)42-29-33-45(34-30-42)58-49-18-9-7-16-47(49)37-53-48-17-8-6-13-43(48)35-36-50(53)58/h3-38H,1-2H3. The number of hydrogen-bond donors (Lipinski definition) is 0. The predicted octanol–water partition coefficient (Wildman–Crippen LogP) is 16.2. The molecule has 2 heteroatoms. The second kappa shape index (κ2) is 14.6. The Kier molecular flexibility index (Phi) is 8.55. The molecule has 0 amide bonds. The molecule has 0 bridgehead atoms. The minimum Gasteiger partial charge on any atom is -0.228 e. The summed E-state index contributed by atoms with van der Waals surface area (Å²) < 4.78 is 0. The molecule has 2 nitrogen and oxygen atoms in total. The molecule has 296 valence electrons. The van der Waals surface area contributed by atoms with E-state index in [2.05, 4.69) is 214 Å². The van der Waals surface area contributed by atoms with Crippen molar-refractivity contribution in [3.8, 4) is 78.4 Å². The Hall–Kier alpha value is -7.94. The van der Waals surface area contributed by atoms with Crippen LogP contribution >= 0.6 is 0 Å². The number of rotatable bonds is 6. The second-order valence-corrected chi connectivity index (χ2v) is 17.3. The first-order valence-corrected chi connectivity index (χ1v) is 21.8. The molecule has 11 aromatic rings.